The van der Waals surface area contributed by atoms with E-state index in [0.29, 0.717) is 37.2 Å². The van der Waals surface area contributed by atoms with Crippen LogP contribution < -0.4 is 9.47 Å². The van der Waals surface area contributed by atoms with Crippen molar-refractivity contribution in [3.63, 3.8) is 0 Å². The van der Waals surface area contributed by atoms with Gasteiger partial charge in [-0.1, -0.05) is 24.3 Å². The second kappa shape index (κ2) is 8.88. The van der Waals surface area contributed by atoms with E-state index in [4.69, 9.17) is 18.9 Å². The molecule has 0 bridgehead atoms. The molecule has 4 rings (SSSR count). The van der Waals surface area contributed by atoms with Crippen molar-refractivity contribution in [1.82, 2.24) is 0 Å². The Bertz CT molecular complexity index is 888. The Labute approximate surface area is 174 Å². The number of methoxy groups -OCH3 is 2. The molecule has 0 fully saturated rings. The molecule has 2 aliphatic rings. The van der Waals surface area contributed by atoms with Gasteiger partial charge >= 0.3 is 0 Å². The topological polar surface area (TPSA) is 57.2 Å². The van der Waals surface area contributed by atoms with Crippen molar-refractivity contribution in [1.29, 1.82) is 0 Å². The lowest BCUT2D eigenvalue weighted by Crippen LogP contribution is -2.15. The first kappa shape index (κ1) is 21.0. The molecule has 0 saturated heterocycles. The largest absolute Gasteiger partial charge is 0.493 e. The average Bonchev–Trinajstić information content (AvgIpc) is 3.33. The molecule has 162 valence electrons. The molecule has 0 aromatic heterocycles. The van der Waals surface area contributed by atoms with Gasteiger partial charge in [0.25, 0.3) is 6.43 Å². The van der Waals surface area contributed by atoms with Crippen LogP contribution in [0.1, 0.15) is 53.2 Å². The van der Waals surface area contributed by atoms with E-state index >= 15 is 0 Å². The van der Waals surface area contributed by atoms with Gasteiger partial charge in [-0.25, -0.2) is 8.78 Å². The maximum Gasteiger partial charge on any atom is 0.268 e. The van der Waals surface area contributed by atoms with Gasteiger partial charge in [0, 0.05) is 38.2 Å². The van der Waals surface area contributed by atoms with Gasteiger partial charge in [-0.15, -0.1) is 0 Å². The number of alkyl halides is 2. The molecule has 4 atom stereocenters. The molecule has 4 unspecified atom stereocenters. The second-order valence-corrected chi connectivity index (χ2v) is 7.68. The van der Waals surface area contributed by atoms with Gasteiger partial charge < -0.3 is 24.1 Å². The van der Waals surface area contributed by atoms with Crippen LogP contribution in [-0.4, -0.2) is 38.6 Å². The Balaban J connectivity index is 1.51. The molecule has 2 aromatic carbocycles. The Morgan fingerprint density at radius 3 is 2.70 bits per heavy atom. The molecule has 0 saturated carbocycles. The molecule has 0 spiro atoms. The number of hydrogen-bond acceptors (Lipinski definition) is 5. The van der Waals surface area contributed by atoms with Gasteiger partial charge in [-0.05, 0) is 35.6 Å². The van der Waals surface area contributed by atoms with Crippen molar-refractivity contribution in [2.75, 3.05) is 20.8 Å². The maximum atomic E-state index is 13.4. The summed E-state index contributed by atoms with van der Waals surface area (Å²) in [6, 6.07) is 11.1. The summed E-state index contributed by atoms with van der Waals surface area (Å²) in [5.74, 6) is 1.48. The third-order valence-electron chi connectivity index (χ3n) is 5.94. The smallest absolute Gasteiger partial charge is 0.268 e. The van der Waals surface area contributed by atoms with E-state index in [0.717, 1.165) is 22.4 Å². The van der Waals surface area contributed by atoms with Crippen LogP contribution in [0.25, 0.3) is 0 Å². The molecular formula is C23H26F2O5. The molecule has 0 radical (unpaired) electrons. The monoisotopic (exact) mass is 420 g/mol. The predicted molar refractivity (Wildman–Crippen MR) is 106 cm³/mol. The first-order valence-electron chi connectivity index (χ1n) is 10.1. The molecule has 30 heavy (non-hydrogen) atoms. The normalized spacial score (nSPS) is 21.8. The van der Waals surface area contributed by atoms with Crippen LogP contribution in [-0.2, 0) is 15.9 Å². The number of rotatable bonds is 8. The number of aliphatic hydroxyl groups is 1. The summed E-state index contributed by atoms with van der Waals surface area (Å²) in [6.07, 6.45) is -3.00. The highest BCUT2D eigenvalue weighted by atomic mass is 19.3. The molecular weight excluding hydrogens is 394 g/mol. The first-order valence-corrected chi connectivity index (χ1v) is 10.1. The van der Waals surface area contributed by atoms with Gasteiger partial charge in [0.05, 0.1) is 6.61 Å². The van der Waals surface area contributed by atoms with Crippen LogP contribution in [0.15, 0.2) is 36.4 Å². The summed E-state index contributed by atoms with van der Waals surface area (Å²) in [5, 5.41) is 9.74. The molecule has 1 heterocycles. The van der Waals surface area contributed by atoms with Crippen molar-refractivity contribution in [2.24, 2.45) is 0 Å². The summed E-state index contributed by atoms with van der Waals surface area (Å²) < 4.78 is 48.7. The Kier molecular flexibility index (Phi) is 6.22. The minimum Gasteiger partial charge on any atom is -0.493 e. The van der Waals surface area contributed by atoms with E-state index in [1.165, 1.54) is 14.2 Å². The Morgan fingerprint density at radius 2 is 1.97 bits per heavy atom. The van der Waals surface area contributed by atoms with Crippen LogP contribution in [0.5, 0.6) is 11.5 Å². The number of benzene rings is 2. The van der Waals surface area contributed by atoms with Crippen molar-refractivity contribution in [3.8, 4) is 11.5 Å². The zero-order chi connectivity index (χ0) is 21.3. The van der Waals surface area contributed by atoms with Crippen LogP contribution in [0.3, 0.4) is 0 Å². The Morgan fingerprint density at radius 1 is 1.13 bits per heavy atom. The lowest BCUT2D eigenvalue weighted by atomic mass is 9.97. The molecule has 0 amide bonds. The number of fused-ring (bicyclic) bond motifs is 2. The zero-order valence-electron chi connectivity index (χ0n) is 17.0. The SMILES string of the molecule is COC(O)CC1COc2cc(OC3CCc4c3cccc4C(OC)C(F)F)ccc21. The highest BCUT2D eigenvalue weighted by molar-refractivity contribution is 5.47. The molecule has 1 aliphatic carbocycles. The van der Waals surface area contributed by atoms with E-state index < -0.39 is 18.8 Å². The number of aliphatic hydroxyl groups excluding tert-OH is 1. The van der Waals surface area contributed by atoms with Gasteiger partial charge in [0.1, 0.15) is 23.7 Å². The molecule has 1 N–H and O–H groups in total. The molecule has 2 aromatic rings. The summed E-state index contributed by atoms with van der Waals surface area (Å²) in [4.78, 5) is 0. The third-order valence-corrected chi connectivity index (χ3v) is 5.94. The van der Waals surface area contributed by atoms with Crippen molar-refractivity contribution in [2.45, 2.75) is 50.1 Å². The van der Waals surface area contributed by atoms with E-state index in [2.05, 4.69) is 0 Å². The molecule has 5 nitrogen and oxygen atoms in total. The van der Waals surface area contributed by atoms with Gasteiger partial charge in [0.2, 0.25) is 0 Å². The summed E-state index contributed by atoms with van der Waals surface area (Å²) in [5.41, 5.74) is 3.37. The first-order chi connectivity index (χ1) is 14.5. The minimum atomic E-state index is -2.58. The quantitative estimate of drug-likeness (QED) is 0.636. The minimum absolute atomic E-state index is 0.0686. The van der Waals surface area contributed by atoms with Gasteiger partial charge in [-0.3, -0.25) is 0 Å². The fourth-order valence-corrected chi connectivity index (χ4v) is 4.43. The Hall–Kier alpha value is -2.22. The van der Waals surface area contributed by atoms with Crippen LogP contribution in [0, 0.1) is 0 Å². The van der Waals surface area contributed by atoms with E-state index in [1.807, 2.05) is 24.3 Å². The highest BCUT2D eigenvalue weighted by Crippen LogP contribution is 2.43. The fraction of sp³-hybridized carbons (Fsp3) is 0.478. The number of hydrogen-bond donors (Lipinski definition) is 1. The van der Waals surface area contributed by atoms with E-state index in [1.54, 1.807) is 12.1 Å². The van der Waals surface area contributed by atoms with Crippen molar-refractivity contribution in [3.05, 3.63) is 58.7 Å². The summed E-state index contributed by atoms with van der Waals surface area (Å²) >= 11 is 0. The van der Waals surface area contributed by atoms with Gasteiger partial charge in [-0.2, -0.15) is 0 Å². The van der Waals surface area contributed by atoms with E-state index in [-0.39, 0.29) is 12.0 Å². The standard InChI is InChI=1S/C23H26F2O5/c1-27-21(26)10-13-12-29-20-11-14(6-7-15(13)20)30-19-9-8-16-17(19)4-3-5-18(16)22(28-2)23(24)25/h3-7,11,13,19,21-23,26H,8-10,12H2,1-2H3. The lowest BCUT2D eigenvalue weighted by molar-refractivity contribution is -0.0826. The number of halogens is 2. The fourth-order valence-electron chi connectivity index (χ4n) is 4.43. The summed E-state index contributed by atoms with van der Waals surface area (Å²) in [7, 11) is 2.78. The average molecular weight is 420 g/mol. The van der Waals surface area contributed by atoms with Crippen LogP contribution in [0.2, 0.25) is 0 Å². The van der Waals surface area contributed by atoms with Crippen LogP contribution in [0.4, 0.5) is 8.78 Å². The number of ether oxygens (including phenoxy) is 4. The van der Waals surface area contributed by atoms with Crippen LogP contribution >= 0.6 is 0 Å². The van der Waals surface area contributed by atoms with Gasteiger partial charge in [0.15, 0.2) is 6.29 Å². The van der Waals surface area contributed by atoms with Crippen molar-refractivity contribution >= 4 is 0 Å². The van der Waals surface area contributed by atoms with E-state index in [9.17, 15) is 13.9 Å². The predicted octanol–water partition coefficient (Wildman–Crippen LogP) is 4.54. The summed E-state index contributed by atoms with van der Waals surface area (Å²) in [6.45, 7) is 0.487. The molecule has 7 heteroatoms. The third kappa shape index (κ3) is 4.02. The molecule has 1 aliphatic heterocycles. The second-order valence-electron chi connectivity index (χ2n) is 7.68. The lowest BCUT2D eigenvalue weighted by Gasteiger charge is -2.20. The zero-order valence-corrected chi connectivity index (χ0v) is 17.0. The van der Waals surface area contributed by atoms with Crippen molar-refractivity contribution < 1.29 is 32.8 Å². The maximum absolute atomic E-state index is 13.4. The highest BCUT2D eigenvalue weighted by Gasteiger charge is 2.32.